The van der Waals surface area contributed by atoms with Crippen LogP contribution in [0.2, 0.25) is 0 Å². The van der Waals surface area contributed by atoms with Crippen LogP contribution < -0.4 is 10.1 Å². The topological polar surface area (TPSA) is 62.1 Å². The van der Waals surface area contributed by atoms with Gasteiger partial charge in [0, 0.05) is 4.47 Å². The largest absolute Gasteiger partial charge is 0.495 e. The van der Waals surface area contributed by atoms with E-state index in [4.69, 9.17) is 10.00 Å². The molecule has 0 spiro atoms. The van der Waals surface area contributed by atoms with Crippen LogP contribution in [0.3, 0.4) is 0 Å². The fraction of sp³-hybridized carbons (Fsp3) is 0.125. The fourth-order valence-electron chi connectivity index (χ4n) is 1.92. The number of hydrogen-bond donors (Lipinski definition) is 1. The molecule has 0 aromatic heterocycles. The van der Waals surface area contributed by atoms with Crippen LogP contribution in [-0.4, -0.2) is 13.0 Å². The Balaban J connectivity index is 2.41. The van der Waals surface area contributed by atoms with Gasteiger partial charge in [0.15, 0.2) is 0 Å². The Hall–Kier alpha value is -2.32. The minimum atomic E-state index is -0.299. The lowest BCUT2D eigenvalue weighted by Gasteiger charge is -2.12. The van der Waals surface area contributed by atoms with E-state index in [0.29, 0.717) is 27.0 Å². The van der Waals surface area contributed by atoms with Crippen LogP contribution in [0.5, 0.6) is 5.75 Å². The highest BCUT2D eigenvalue weighted by Gasteiger charge is 2.15. The molecule has 2 aromatic carbocycles. The molecule has 0 saturated heterocycles. The van der Waals surface area contributed by atoms with Crippen molar-refractivity contribution >= 4 is 27.5 Å². The van der Waals surface area contributed by atoms with Crippen molar-refractivity contribution in [2.75, 3.05) is 12.4 Å². The maximum absolute atomic E-state index is 12.4. The number of carbonyl (C=O) groups excluding carboxylic acids is 1. The minimum Gasteiger partial charge on any atom is -0.495 e. The molecule has 0 aliphatic carbocycles. The number of para-hydroxylation sites is 1. The molecule has 0 unspecified atom stereocenters. The van der Waals surface area contributed by atoms with Gasteiger partial charge in [0.05, 0.1) is 18.2 Å². The minimum absolute atomic E-state index is 0.299. The molecule has 2 rings (SSSR count). The summed E-state index contributed by atoms with van der Waals surface area (Å²) in [5, 5.41) is 11.9. The Morgan fingerprint density at radius 2 is 2.10 bits per heavy atom. The second-order valence-corrected chi connectivity index (χ2v) is 5.29. The van der Waals surface area contributed by atoms with Gasteiger partial charge in [-0.1, -0.05) is 17.7 Å². The smallest absolute Gasteiger partial charge is 0.256 e. The Morgan fingerprint density at radius 1 is 1.33 bits per heavy atom. The average Bonchev–Trinajstić information content (AvgIpc) is 2.49. The number of ether oxygens (including phenoxy) is 1. The maximum atomic E-state index is 12.4. The van der Waals surface area contributed by atoms with Gasteiger partial charge in [0.1, 0.15) is 17.5 Å². The number of benzene rings is 2. The summed E-state index contributed by atoms with van der Waals surface area (Å²) in [6, 6.07) is 12.6. The average molecular weight is 345 g/mol. The molecule has 0 bridgehead atoms. The van der Waals surface area contributed by atoms with Crippen molar-refractivity contribution in [1.29, 1.82) is 5.26 Å². The zero-order valence-electron chi connectivity index (χ0n) is 11.6. The number of amides is 1. The van der Waals surface area contributed by atoms with E-state index in [0.717, 1.165) is 5.56 Å². The zero-order chi connectivity index (χ0) is 15.4. The molecule has 0 radical (unpaired) electrons. The summed E-state index contributed by atoms with van der Waals surface area (Å²) in [5.41, 5.74) is 2.21. The molecule has 0 aliphatic rings. The third kappa shape index (κ3) is 3.23. The number of nitrogens with one attached hydrogen (secondary N) is 1. The number of rotatable bonds is 3. The second kappa shape index (κ2) is 6.42. The van der Waals surface area contributed by atoms with Gasteiger partial charge in [-0.15, -0.1) is 0 Å². The van der Waals surface area contributed by atoms with Gasteiger partial charge in [-0.2, -0.15) is 5.26 Å². The molecule has 1 N–H and O–H groups in total. The molecule has 5 heteroatoms. The second-order valence-electron chi connectivity index (χ2n) is 4.43. The fourth-order valence-corrected chi connectivity index (χ4v) is 2.34. The Morgan fingerprint density at radius 3 is 2.76 bits per heavy atom. The van der Waals surface area contributed by atoms with Gasteiger partial charge >= 0.3 is 0 Å². The number of nitriles is 1. The van der Waals surface area contributed by atoms with Gasteiger partial charge in [-0.3, -0.25) is 4.79 Å². The lowest BCUT2D eigenvalue weighted by Crippen LogP contribution is -2.14. The predicted octanol–water partition coefficient (Wildman–Crippen LogP) is 3.89. The van der Waals surface area contributed by atoms with E-state index in [9.17, 15) is 4.79 Å². The molecule has 0 aliphatic heterocycles. The highest BCUT2D eigenvalue weighted by Crippen LogP contribution is 2.29. The molecule has 0 fully saturated rings. The lowest BCUT2D eigenvalue weighted by molar-refractivity contribution is 0.102. The standard InChI is InChI=1S/C16H13BrN2O2/c1-10-6-7-13(17)12(8-10)16(20)19-15-11(9-18)4-3-5-14(15)21-2/h3-8H,1-2H3,(H,19,20). The van der Waals surface area contributed by atoms with Crippen molar-refractivity contribution in [2.45, 2.75) is 6.92 Å². The number of aryl methyl sites for hydroxylation is 1. The molecule has 0 heterocycles. The van der Waals surface area contributed by atoms with Gasteiger partial charge < -0.3 is 10.1 Å². The van der Waals surface area contributed by atoms with Crippen LogP contribution >= 0.6 is 15.9 Å². The van der Waals surface area contributed by atoms with E-state index in [1.807, 2.05) is 25.1 Å². The first-order chi connectivity index (χ1) is 10.1. The molecule has 1 amide bonds. The summed E-state index contributed by atoms with van der Waals surface area (Å²) in [6.45, 7) is 1.91. The summed E-state index contributed by atoms with van der Waals surface area (Å²) in [5.74, 6) is 0.151. The first-order valence-electron chi connectivity index (χ1n) is 6.21. The quantitative estimate of drug-likeness (QED) is 0.918. The van der Waals surface area contributed by atoms with Crippen LogP contribution in [-0.2, 0) is 0 Å². The summed E-state index contributed by atoms with van der Waals surface area (Å²) >= 11 is 3.36. The molecule has 0 saturated carbocycles. The van der Waals surface area contributed by atoms with Crippen LogP contribution in [0.4, 0.5) is 5.69 Å². The van der Waals surface area contributed by atoms with Gasteiger partial charge in [0.25, 0.3) is 5.91 Å². The lowest BCUT2D eigenvalue weighted by atomic mass is 10.1. The van der Waals surface area contributed by atoms with Crippen LogP contribution in [0.15, 0.2) is 40.9 Å². The predicted molar refractivity (Wildman–Crippen MR) is 84.5 cm³/mol. The Bertz CT molecular complexity index is 736. The van der Waals surface area contributed by atoms with Gasteiger partial charge in [-0.25, -0.2) is 0 Å². The molecular formula is C16H13BrN2O2. The molecule has 4 nitrogen and oxygen atoms in total. The van der Waals surface area contributed by atoms with Crippen LogP contribution in [0.1, 0.15) is 21.5 Å². The molecule has 21 heavy (non-hydrogen) atoms. The highest BCUT2D eigenvalue weighted by molar-refractivity contribution is 9.10. The first-order valence-corrected chi connectivity index (χ1v) is 7.00. The summed E-state index contributed by atoms with van der Waals surface area (Å²) < 4.78 is 5.89. The van der Waals surface area contributed by atoms with E-state index in [2.05, 4.69) is 21.2 Å². The van der Waals surface area contributed by atoms with Crippen LogP contribution in [0.25, 0.3) is 0 Å². The Labute approximate surface area is 131 Å². The van der Waals surface area contributed by atoms with E-state index >= 15 is 0 Å². The number of hydrogen-bond acceptors (Lipinski definition) is 3. The van der Waals surface area contributed by atoms with E-state index in [1.54, 1.807) is 24.3 Å². The van der Waals surface area contributed by atoms with Crippen molar-refractivity contribution in [3.63, 3.8) is 0 Å². The SMILES string of the molecule is COc1cccc(C#N)c1NC(=O)c1cc(C)ccc1Br. The van der Waals surface area contributed by atoms with Gasteiger partial charge in [-0.05, 0) is 47.1 Å². The molecular weight excluding hydrogens is 332 g/mol. The van der Waals surface area contributed by atoms with E-state index in [1.165, 1.54) is 7.11 Å². The van der Waals surface area contributed by atoms with Gasteiger partial charge in [0.2, 0.25) is 0 Å². The van der Waals surface area contributed by atoms with E-state index < -0.39 is 0 Å². The third-order valence-corrected chi connectivity index (χ3v) is 3.66. The number of nitrogens with zero attached hydrogens (tertiary/aromatic N) is 1. The summed E-state index contributed by atoms with van der Waals surface area (Å²) in [6.07, 6.45) is 0. The summed E-state index contributed by atoms with van der Waals surface area (Å²) in [7, 11) is 1.49. The molecule has 2 aromatic rings. The monoisotopic (exact) mass is 344 g/mol. The first kappa shape index (κ1) is 15.1. The normalized spacial score (nSPS) is 9.81. The van der Waals surface area contributed by atoms with Crippen molar-refractivity contribution in [3.8, 4) is 11.8 Å². The Kier molecular flexibility index (Phi) is 4.61. The van der Waals surface area contributed by atoms with Crippen molar-refractivity contribution in [1.82, 2.24) is 0 Å². The third-order valence-electron chi connectivity index (χ3n) is 2.97. The maximum Gasteiger partial charge on any atom is 0.256 e. The number of methoxy groups -OCH3 is 1. The molecule has 0 atom stereocenters. The zero-order valence-corrected chi connectivity index (χ0v) is 13.2. The number of carbonyl (C=O) groups is 1. The van der Waals surface area contributed by atoms with Crippen LogP contribution in [0, 0.1) is 18.3 Å². The summed E-state index contributed by atoms with van der Waals surface area (Å²) in [4.78, 5) is 12.4. The molecule has 106 valence electrons. The van der Waals surface area contributed by atoms with Crippen molar-refractivity contribution in [3.05, 3.63) is 57.6 Å². The number of anilines is 1. The van der Waals surface area contributed by atoms with Crippen molar-refractivity contribution in [2.24, 2.45) is 0 Å². The van der Waals surface area contributed by atoms with Crippen molar-refractivity contribution < 1.29 is 9.53 Å². The van der Waals surface area contributed by atoms with E-state index in [-0.39, 0.29) is 5.91 Å². The highest BCUT2D eigenvalue weighted by atomic mass is 79.9. The number of halogens is 1.